The monoisotopic (exact) mass is 470 g/mol. The Kier molecular flexibility index (Phi) is 5.83. The van der Waals surface area contributed by atoms with E-state index in [1.165, 1.54) is 4.67 Å². The van der Waals surface area contributed by atoms with Crippen molar-refractivity contribution in [2.24, 2.45) is 0 Å². The number of hydrogen-bond acceptors (Lipinski definition) is 4. The Morgan fingerprint density at radius 1 is 0.676 bits per heavy atom. The lowest BCUT2D eigenvalue weighted by atomic mass is 10.2. The SMILES string of the molecule is COc1ccc(C2N(c3ccccc3)C(=O)N(c3ccccc3)P2(=O)Oc2ccccc2)cc1. The van der Waals surface area contributed by atoms with Gasteiger partial charge in [-0.05, 0) is 54.1 Å². The maximum absolute atomic E-state index is 15.0. The lowest BCUT2D eigenvalue weighted by molar-refractivity contribution is 0.255. The Hall–Kier alpha value is -4.02. The highest BCUT2D eigenvalue weighted by Gasteiger charge is 2.59. The summed E-state index contributed by atoms with van der Waals surface area (Å²) in [7, 11) is -2.30. The smallest absolute Gasteiger partial charge is 0.378 e. The normalized spacial score (nSPS) is 19.8. The number of carbonyl (C=O) groups is 1. The van der Waals surface area contributed by atoms with Crippen LogP contribution >= 0.6 is 7.52 Å². The van der Waals surface area contributed by atoms with Crippen molar-refractivity contribution in [2.45, 2.75) is 5.78 Å². The van der Waals surface area contributed by atoms with Gasteiger partial charge in [0.05, 0.1) is 12.8 Å². The number of rotatable bonds is 6. The van der Waals surface area contributed by atoms with Crippen LogP contribution in [0, 0.1) is 0 Å². The van der Waals surface area contributed by atoms with E-state index in [0.717, 1.165) is 0 Å². The molecule has 4 aromatic rings. The van der Waals surface area contributed by atoms with Crippen LogP contribution in [0.3, 0.4) is 0 Å². The van der Waals surface area contributed by atoms with Crippen LogP contribution in [0.15, 0.2) is 115 Å². The molecular formula is C27H23N2O4P. The van der Waals surface area contributed by atoms with Gasteiger partial charge in [0.25, 0.3) is 0 Å². The fourth-order valence-electron chi connectivity index (χ4n) is 4.10. The number of anilines is 2. The van der Waals surface area contributed by atoms with Crippen LogP contribution in [0.5, 0.6) is 11.5 Å². The quantitative estimate of drug-likeness (QED) is 0.282. The molecule has 1 aliphatic rings. The highest BCUT2D eigenvalue weighted by molar-refractivity contribution is 7.63. The van der Waals surface area contributed by atoms with Crippen LogP contribution in [0.2, 0.25) is 0 Å². The summed E-state index contributed by atoms with van der Waals surface area (Å²) < 4.78 is 27.9. The molecule has 1 saturated heterocycles. The zero-order valence-electron chi connectivity index (χ0n) is 18.5. The Morgan fingerprint density at radius 3 is 1.76 bits per heavy atom. The molecule has 1 fully saturated rings. The summed E-state index contributed by atoms with van der Waals surface area (Å²) in [6.45, 7) is 0. The summed E-state index contributed by atoms with van der Waals surface area (Å²) in [5.74, 6) is 0.208. The fraction of sp³-hybridized carbons (Fsp3) is 0.0741. The van der Waals surface area contributed by atoms with Crippen molar-refractivity contribution in [3.63, 3.8) is 0 Å². The lowest BCUT2D eigenvalue weighted by Crippen LogP contribution is -2.32. The Labute approximate surface area is 198 Å². The standard InChI is InChI=1S/C27H23N2O4P/c1-32-24-19-17-21(18-20-24)26-28(22-11-5-2-6-12-22)27(30)29(23-13-7-3-8-14-23)34(26,31)33-25-15-9-4-10-16-25/h2-20,26H,1H3. The Balaban J connectivity index is 1.74. The second-order valence-corrected chi connectivity index (χ2v) is 9.95. The molecule has 0 N–H and O–H groups in total. The van der Waals surface area contributed by atoms with Gasteiger partial charge in [-0.15, -0.1) is 0 Å². The minimum absolute atomic E-state index is 0.419. The number of hydrogen-bond donors (Lipinski definition) is 0. The van der Waals surface area contributed by atoms with Gasteiger partial charge in [-0.25, -0.2) is 9.46 Å². The molecule has 0 bridgehead atoms. The van der Waals surface area contributed by atoms with Crippen LogP contribution in [0.1, 0.15) is 11.3 Å². The Bertz CT molecular complexity index is 1320. The van der Waals surface area contributed by atoms with Crippen molar-refractivity contribution in [1.29, 1.82) is 0 Å². The second-order valence-electron chi connectivity index (χ2n) is 7.75. The van der Waals surface area contributed by atoms with E-state index in [9.17, 15) is 4.79 Å². The topological polar surface area (TPSA) is 59.1 Å². The van der Waals surface area contributed by atoms with Crippen molar-refractivity contribution >= 4 is 24.9 Å². The maximum Gasteiger partial charge on any atom is 0.378 e. The molecule has 0 saturated carbocycles. The lowest BCUT2D eigenvalue weighted by Gasteiger charge is -2.28. The zero-order chi connectivity index (χ0) is 23.5. The predicted octanol–water partition coefficient (Wildman–Crippen LogP) is 7.11. The second kappa shape index (κ2) is 9.08. The maximum atomic E-state index is 15.0. The molecule has 0 aromatic heterocycles. The average molecular weight is 470 g/mol. The molecule has 0 aliphatic carbocycles. The van der Waals surface area contributed by atoms with E-state index < -0.39 is 19.3 Å². The number of carbonyl (C=O) groups excluding carboxylic acids is 1. The zero-order valence-corrected chi connectivity index (χ0v) is 19.4. The van der Waals surface area contributed by atoms with Gasteiger partial charge in [-0.3, -0.25) is 9.46 Å². The van der Waals surface area contributed by atoms with Crippen LogP contribution in [-0.2, 0) is 4.57 Å². The average Bonchev–Trinajstić information content (AvgIpc) is 3.11. The Morgan fingerprint density at radius 2 is 1.21 bits per heavy atom. The molecule has 4 aromatic carbocycles. The summed E-state index contributed by atoms with van der Waals surface area (Å²) in [5, 5.41) is 0. The summed E-state index contributed by atoms with van der Waals surface area (Å²) in [4.78, 5) is 15.5. The largest absolute Gasteiger partial charge is 0.497 e. The van der Waals surface area contributed by atoms with Crippen LogP contribution in [-0.4, -0.2) is 13.1 Å². The third-order valence-corrected chi connectivity index (χ3v) is 8.23. The summed E-state index contributed by atoms with van der Waals surface area (Å²) in [5.41, 5.74) is 1.81. The molecule has 34 heavy (non-hydrogen) atoms. The van der Waals surface area contributed by atoms with E-state index in [1.54, 1.807) is 48.4 Å². The van der Waals surface area contributed by atoms with Crippen LogP contribution < -0.4 is 18.8 Å². The van der Waals surface area contributed by atoms with Gasteiger partial charge in [0.2, 0.25) is 0 Å². The number of urea groups is 1. The molecule has 2 amide bonds. The highest BCUT2D eigenvalue weighted by atomic mass is 31.2. The van der Waals surface area contributed by atoms with Gasteiger partial charge in [0.1, 0.15) is 11.5 Å². The molecule has 7 heteroatoms. The number of para-hydroxylation sites is 3. The number of methoxy groups -OCH3 is 1. The van der Waals surface area contributed by atoms with E-state index >= 15 is 4.57 Å². The third kappa shape index (κ3) is 3.82. The fourth-order valence-corrected chi connectivity index (χ4v) is 6.79. The first-order valence-electron chi connectivity index (χ1n) is 10.8. The van der Waals surface area contributed by atoms with Crippen molar-refractivity contribution in [1.82, 2.24) is 0 Å². The van der Waals surface area contributed by atoms with Crippen molar-refractivity contribution in [3.05, 3.63) is 121 Å². The summed E-state index contributed by atoms with van der Waals surface area (Å²) in [6.07, 6.45) is 0. The van der Waals surface area contributed by atoms with Crippen molar-refractivity contribution < 1.29 is 18.6 Å². The molecule has 1 aliphatic heterocycles. The number of amides is 2. The summed E-state index contributed by atoms with van der Waals surface area (Å²) >= 11 is 0. The van der Waals surface area contributed by atoms with Gasteiger partial charge >= 0.3 is 13.6 Å². The molecule has 2 unspecified atom stereocenters. The highest BCUT2D eigenvalue weighted by Crippen LogP contribution is 2.69. The van der Waals surface area contributed by atoms with Gasteiger partial charge in [0.15, 0.2) is 5.78 Å². The van der Waals surface area contributed by atoms with E-state index in [0.29, 0.717) is 28.4 Å². The van der Waals surface area contributed by atoms with Gasteiger partial charge in [-0.1, -0.05) is 66.7 Å². The molecule has 0 radical (unpaired) electrons. The van der Waals surface area contributed by atoms with Crippen LogP contribution in [0.25, 0.3) is 0 Å². The first kappa shape index (κ1) is 21.8. The van der Waals surface area contributed by atoms with Gasteiger partial charge < -0.3 is 9.26 Å². The number of ether oxygens (including phenoxy) is 1. The third-order valence-electron chi connectivity index (χ3n) is 5.65. The van der Waals surface area contributed by atoms with E-state index in [2.05, 4.69) is 0 Å². The minimum atomic E-state index is -3.89. The molecule has 5 rings (SSSR count). The van der Waals surface area contributed by atoms with Crippen LogP contribution in [0.4, 0.5) is 16.2 Å². The number of nitrogens with zero attached hydrogens (tertiary/aromatic N) is 2. The van der Waals surface area contributed by atoms with Gasteiger partial charge in [0, 0.05) is 5.69 Å². The first-order chi connectivity index (χ1) is 16.6. The van der Waals surface area contributed by atoms with E-state index in [1.807, 2.05) is 78.9 Å². The number of benzene rings is 4. The first-order valence-corrected chi connectivity index (χ1v) is 12.5. The van der Waals surface area contributed by atoms with Gasteiger partial charge in [-0.2, -0.15) is 0 Å². The van der Waals surface area contributed by atoms with Crippen molar-refractivity contribution in [2.75, 3.05) is 16.7 Å². The summed E-state index contributed by atoms with van der Waals surface area (Å²) in [6, 6.07) is 34.0. The van der Waals surface area contributed by atoms with Crippen molar-refractivity contribution in [3.8, 4) is 11.5 Å². The minimum Gasteiger partial charge on any atom is -0.497 e. The molecule has 1 heterocycles. The predicted molar refractivity (Wildman–Crippen MR) is 134 cm³/mol. The van der Waals surface area contributed by atoms with E-state index in [4.69, 9.17) is 9.26 Å². The molecule has 6 nitrogen and oxygen atoms in total. The molecular weight excluding hydrogens is 447 g/mol. The molecule has 0 spiro atoms. The molecule has 2 atom stereocenters. The van der Waals surface area contributed by atoms with E-state index in [-0.39, 0.29) is 0 Å². The molecule has 170 valence electrons.